The molecule has 0 unspecified atom stereocenters. The average molecular weight is 362 g/mol. The molecular formula is C24H18N4. The van der Waals surface area contributed by atoms with E-state index in [-0.39, 0.29) is 5.69 Å². The van der Waals surface area contributed by atoms with Crippen molar-refractivity contribution in [3.63, 3.8) is 0 Å². The summed E-state index contributed by atoms with van der Waals surface area (Å²) < 4.78 is 0. The van der Waals surface area contributed by atoms with Crippen LogP contribution in [0.5, 0.6) is 0 Å². The Morgan fingerprint density at radius 1 is 0.679 bits per heavy atom. The van der Waals surface area contributed by atoms with Gasteiger partial charge in [0.05, 0.1) is 11.4 Å². The van der Waals surface area contributed by atoms with Crippen LogP contribution < -0.4 is 5.32 Å². The summed E-state index contributed by atoms with van der Waals surface area (Å²) in [5.74, 6) is 0.491. The van der Waals surface area contributed by atoms with Crippen molar-refractivity contribution in [2.24, 2.45) is 0 Å². The molecule has 1 aromatic heterocycles. The van der Waals surface area contributed by atoms with Gasteiger partial charge in [0.1, 0.15) is 6.07 Å². The van der Waals surface area contributed by atoms with Gasteiger partial charge in [-0.3, -0.25) is 0 Å². The summed E-state index contributed by atoms with van der Waals surface area (Å²) in [6, 6.07) is 32.0. The predicted octanol–water partition coefficient (Wildman–Crippen LogP) is 5.29. The highest BCUT2D eigenvalue weighted by Crippen LogP contribution is 2.31. The fourth-order valence-corrected chi connectivity index (χ4v) is 3.01. The quantitative estimate of drug-likeness (QED) is 0.524. The fraction of sp³-hybridized carbons (Fsp3) is 0.0417. The molecule has 4 heteroatoms. The van der Waals surface area contributed by atoms with E-state index in [1.165, 1.54) is 0 Å². The van der Waals surface area contributed by atoms with Gasteiger partial charge in [0.25, 0.3) is 0 Å². The van der Waals surface area contributed by atoms with Crippen LogP contribution in [0.25, 0.3) is 22.5 Å². The fourth-order valence-electron chi connectivity index (χ4n) is 3.01. The van der Waals surface area contributed by atoms with Crippen LogP contribution in [0.15, 0.2) is 91.0 Å². The summed E-state index contributed by atoms with van der Waals surface area (Å²) >= 11 is 0. The summed E-state index contributed by atoms with van der Waals surface area (Å²) in [6.07, 6.45) is 0. The monoisotopic (exact) mass is 362 g/mol. The maximum Gasteiger partial charge on any atom is 0.183 e. The van der Waals surface area contributed by atoms with E-state index >= 15 is 0 Å². The first-order valence-electron chi connectivity index (χ1n) is 9.06. The molecular weight excluding hydrogens is 344 g/mol. The molecule has 4 rings (SSSR count). The number of hydrogen-bond acceptors (Lipinski definition) is 4. The lowest BCUT2D eigenvalue weighted by Crippen LogP contribution is -2.07. The van der Waals surface area contributed by atoms with Gasteiger partial charge in [-0.1, -0.05) is 91.0 Å². The first kappa shape index (κ1) is 17.4. The van der Waals surface area contributed by atoms with Crippen molar-refractivity contribution in [1.82, 2.24) is 9.97 Å². The molecule has 0 aliphatic carbocycles. The normalized spacial score (nSPS) is 10.2. The van der Waals surface area contributed by atoms with Crippen molar-refractivity contribution in [2.75, 3.05) is 5.32 Å². The lowest BCUT2D eigenvalue weighted by molar-refractivity contribution is 1.08. The first-order valence-corrected chi connectivity index (χ1v) is 9.06. The number of nitrogens with one attached hydrogen (secondary N) is 1. The molecule has 0 atom stereocenters. The van der Waals surface area contributed by atoms with Gasteiger partial charge in [-0.2, -0.15) is 5.26 Å². The third-order valence-electron chi connectivity index (χ3n) is 4.40. The third-order valence-corrected chi connectivity index (χ3v) is 4.40. The molecule has 134 valence electrons. The van der Waals surface area contributed by atoms with Crippen molar-refractivity contribution in [3.8, 4) is 28.6 Å². The molecule has 0 amide bonds. The van der Waals surface area contributed by atoms with E-state index in [1.807, 2.05) is 91.0 Å². The number of rotatable bonds is 5. The Labute approximate surface area is 164 Å². The lowest BCUT2D eigenvalue weighted by Gasteiger charge is -2.13. The zero-order valence-corrected chi connectivity index (χ0v) is 15.2. The molecule has 0 saturated heterocycles. The highest BCUT2D eigenvalue weighted by atomic mass is 15.0. The first-order chi connectivity index (χ1) is 13.8. The maximum absolute atomic E-state index is 9.66. The van der Waals surface area contributed by atoms with Crippen LogP contribution in [0, 0.1) is 11.3 Å². The minimum absolute atomic E-state index is 0.287. The van der Waals surface area contributed by atoms with Crippen molar-refractivity contribution < 1.29 is 0 Å². The molecule has 0 fully saturated rings. The molecule has 0 aliphatic rings. The molecule has 0 saturated carbocycles. The average Bonchev–Trinajstić information content (AvgIpc) is 2.79. The van der Waals surface area contributed by atoms with Crippen LogP contribution in [-0.4, -0.2) is 9.97 Å². The second-order valence-corrected chi connectivity index (χ2v) is 6.30. The molecule has 0 aliphatic heterocycles. The smallest absolute Gasteiger partial charge is 0.183 e. The Bertz CT molecular complexity index is 1100. The zero-order chi connectivity index (χ0) is 19.2. The Balaban J connectivity index is 1.80. The predicted molar refractivity (Wildman–Crippen MR) is 111 cm³/mol. The second kappa shape index (κ2) is 8.15. The van der Waals surface area contributed by atoms with E-state index in [2.05, 4.69) is 16.4 Å². The Kier molecular flexibility index (Phi) is 5.08. The molecule has 4 aromatic rings. The van der Waals surface area contributed by atoms with Crippen LogP contribution in [0.3, 0.4) is 0 Å². The van der Waals surface area contributed by atoms with E-state index in [0.717, 1.165) is 22.4 Å². The molecule has 1 N–H and O–H groups in total. The molecule has 0 bridgehead atoms. The second-order valence-electron chi connectivity index (χ2n) is 6.30. The molecule has 4 nitrogen and oxygen atoms in total. The van der Waals surface area contributed by atoms with Crippen molar-refractivity contribution in [2.45, 2.75) is 6.54 Å². The Morgan fingerprint density at radius 3 is 1.71 bits per heavy atom. The van der Waals surface area contributed by atoms with Gasteiger partial charge in [-0.25, -0.2) is 9.97 Å². The number of nitriles is 1. The third kappa shape index (κ3) is 3.74. The minimum Gasteiger partial charge on any atom is -0.364 e. The Morgan fingerprint density at radius 2 is 1.18 bits per heavy atom. The number of benzene rings is 3. The summed E-state index contributed by atoms with van der Waals surface area (Å²) in [5.41, 5.74) is 4.74. The van der Waals surface area contributed by atoms with Crippen LogP contribution in [-0.2, 0) is 6.54 Å². The molecule has 28 heavy (non-hydrogen) atoms. The summed E-state index contributed by atoms with van der Waals surface area (Å²) in [7, 11) is 0. The van der Waals surface area contributed by atoms with Crippen molar-refractivity contribution in [1.29, 1.82) is 5.26 Å². The topological polar surface area (TPSA) is 61.6 Å². The highest BCUT2D eigenvalue weighted by Gasteiger charge is 2.16. The van der Waals surface area contributed by atoms with Crippen LogP contribution >= 0.6 is 0 Å². The molecule has 3 aromatic carbocycles. The van der Waals surface area contributed by atoms with Crippen LogP contribution in [0.4, 0.5) is 5.82 Å². The lowest BCUT2D eigenvalue weighted by atomic mass is 10.0. The number of anilines is 1. The molecule has 0 spiro atoms. The van der Waals surface area contributed by atoms with Crippen LogP contribution in [0.2, 0.25) is 0 Å². The number of aromatic nitrogens is 2. The SMILES string of the molecule is N#Cc1nc(-c2ccccc2)c(-c2ccccc2)nc1NCc1ccccc1. The van der Waals surface area contributed by atoms with E-state index < -0.39 is 0 Å². The van der Waals surface area contributed by atoms with E-state index in [1.54, 1.807) is 0 Å². The van der Waals surface area contributed by atoms with Gasteiger partial charge in [0.15, 0.2) is 11.5 Å². The van der Waals surface area contributed by atoms with Gasteiger partial charge in [0, 0.05) is 17.7 Å². The largest absolute Gasteiger partial charge is 0.364 e. The van der Waals surface area contributed by atoms with Crippen molar-refractivity contribution in [3.05, 3.63) is 102 Å². The van der Waals surface area contributed by atoms with Gasteiger partial charge >= 0.3 is 0 Å². The van der Waals surface area contributed by atoms with E-state index in [9.17, 15) is 5.26 Å². The van der Waals surface area contributed by atoms with E-state index in [0.29, 0.717) is 18.1 Å². The maximum atomic E-state index is 9.66. The van der Waals surface area contributed by atoms with Crippen LogP contribution in [0.1, 0.15) is 11.3 Å². The summed E-state index contributed by atoms with van der Waals surface area (Å²) in [6.45, 7) is 0.573. The summed E-state index contributed by atoms with van der Waals surface area (Å²) in [4.78, 5) is 9.47. The zero-order valence-electron chi connectivity index (χ0n) is 15.2. The molecule has 1 heterocycles. The standard InChI is InChI=1S/C24H18N4/c25-16-21-24(26-17-18-10-4-1-5-11-18)28-23(20-14-8-3-9-15-20)22(27-21)19-12-6-2-7-13-19/h1-15H,17H2,(H,26,28). The van der Waals surface area contributed by atoms with Gasteiger partial charge in [-0.15, -0.1) is 0 Å². The van der Waals surface area contributed by atoms with E-state index in [4.69, 9.17) is 4.98 Å². The highest BCUT2D eigenvalue weighted by molar-refractivity contribution is 5.79. The summed E-state index contributed by atoms with van der Waals surface area (Å²) in [5, 5.41) is 12.9. The van der Waals surface area contributed by atoms with Gasteiger partial charge in [-0.05, 0) is 5.56 Å². The molecule has 0 radical (unpaired) electrons. The Hall–Kier alpha value is -3.97. The minimum atomic E-state index is 0.287. The number of nitrogens with zero attached hydrogens (tertiary/aromatic N) is 3. The number of hydrogen-bond donors (Lipinski definition) is 1. The van der Waals surface area contributed by atoms with Gasteiger partial charge in [0.2, 0.25) is 0 Å². The van der Waals surface area contributed by atoms with Crippen molar-refractivity contribution >= 4 is 5.82 Å². The van der Waals surface area contributed by atoms with Gasteiger partial charge < -0.3 is 5.32 Å².